The number of hydrogen-bond acceptors (Lipinski definition) is 4. The number of benzene rings is 2. The number of ether oxygens (including phenoxy) is 2. The van der Waals surface area contributed by atoms with E-state index in [9.17, 15) is 9.59 Å². The van der Waals surface area contributed by atoms with Gasteiger partial charge >= 0.3 is 0 Å². The van der Waals surface area contributed by atoms with Crippen molar-refractivity contribution in [1.29, 1.82) is 0 Å². The Morgan fingerprint density at radius 1 is 1.26 bits per heavy atom. The van der Waals surface area contributed by atoms with Crippen LogP contribution in [0.15, 0.2) is 42.5 Å². The number of methoxy groups -OCH3 is 1. The molecule has 6 nitrogen and oxygen atoms in total. The summed E-state index contributed by atoms with van der Waals surface area (Å²) in [7, 11) is 1.53. The summed E-state index contributed by atoms with van der Waals surface area (Å²) in [5, 5.41) is 2.89. The van der Waals surface area contributed by atoms with E-state index in [2.05, 4.69) is 19.2 Å². The second-order valence-electron chi connectivity index (χ2n) is 6.93. The van der Waals surface area contributed by atoms with Crippen LogP contribution < -0.4 is 14.8 Å². The molecule has 0 saturated carbocycles. The minimum Gasteiger partial charge on any atom is -0.496 e. The molecule has 1 heterocycles. The van der Waals surface area contributed by atoms with Gasteiger partial charge in [-0.15, -0.1) is 0 Å². The second kappa shape index (κ2) is 8.12. The fourth-order valence-electron chi connectivity index (χ4n) is 3.08. The van der Waals surface area contributed by atoms with Gasteiger partial charge in [0.2, 0.25) is 0 Å². The molecule has 6 heteroatoms. The van der Waals surface area contributed by atoms with Gasteiger partial charge in [-0.1, -0.05) is 26.0 Å². The highest BCUT2D eigenvalue weighted by Crippen LogP contribution is 2.28. The van der Waals surface area contributed by atoms with E-state index in [1.54, 1.807) is 35.2 Å². The standard InChI is InChI=1S/C21H24N2O4/c1-14(2)11-23-12-15-10-16(8-9-18(15)27-13-20(23)24)22-21(25)17-6-4-5-7-19(17)26-3/h4-10,14H,11-13H2,1-3H3,(H,22,25). The van der Waals surface area contributed by atoms with Gasteiger partial charge in [0.15, 0.2) is 6.61 Å². The maximum atomic E-state index is 12.6. The third-order valence-electron chi connectivity index (χ3n) is 4.32. The summed E-state index contributed by atoms with van der Waals surface area (Å²) in [4.78, 5) is 26.7. The van der Waals surface area contributed by atoms with E-state index in [0.717, 1.165) is 5.56 Å². The summed E-state index contributed by atoms with van der Waals surface area (Å²) >= 11 is 0. The highest BCUT2D eigenvalue weighted by molar-refractivity contribution is 6.06. The molecule has 0 aliphatic carbocycles. The molecule has 0 aromatic heterocycles. The Hall–Kier alpha value is -3.02. The summed E-state index contributed by atoms with van der Waals surface area (Å²) in [6, 6.07) is 12.5. The van der Waals surface area contributed by atoms with Crippen molar-refractivity contribution in [2.75, 3.05) is 25.6 Å². The number of fused-ring (bicyclic) bond motifs is 1. The maximum Gasteiger partial charge on any atom is 0.260 e. The van der Waals surface area contributed by atoms with E-state index in [1.807, 2.05) is 12.1 Å². The molecule has 0 bridgehead atoms. The Kier molecular flexibility index (Phi) is 5.64. The second-order valence-corrected chi connectivity index (χ2v) is 6.93. The summed E-state index contributed by atoms with van der Waals surface area (Å²) in [5.74, 6) is 1.27. The Balaban J connectivity index is 1.81. The molecule has 1 aliphatic heterocycles. The number of rotatable bonds is 5. The van der Waals surface area contributed by atoms with Crippen molar-refractivity contribution in [3.63, 3.8) is 0 Å². The largest absolute Gasteiger partial charge is 0.496 e. The molecule has 1 N–H and O–H groups in total. The summed E-state index contributed by atoms with van der Waals surface area (Å²) in [6.07, 6.45) is 0. The number of nitrogens with zero attached hydrogens (tertiary/aromatic N) is 1. The summed E-state index contributed by atoms with van der Waals surface area (Å²) in [6.45, 7) is 5.31. The topological polar surface area (TPSA) is 67.9 Å². The molecule has 3 rings (SSSR count). The first-order valence-electron chi connectivity index (χ1n) is 8.95. The van der Waals surface area contributed by atoms with Crippen LogP contribution in [0.4, 0.5) is 5.69 Å². The number of carbonyl (C=O) groups excluding carboxylic acids is 2. The van der Waals surface area contributed by atoms with Gasteiger partial charge in [-0.3, -0.25) is 9.59 Å². The highest BCUT2D eigenvalue weighted by atomic mass is 16.5. The third kappa shape index (κ3) is 4.39. The van der Waals surface area contributed by atoms with Gasteiger partial charge in [0.05, 0.1) is 12.7 Å². The number of carbonyl (C=O) groups is 2. The van der Waals surface area contributed by atoms with Crippen molar-refractivity contribution in [2.24, 2.45) is 5.92 Å². The predicted molar refractivity (Wildman–Crippen MR) is 103 cm³/mol. The molecular weight excluding hydrogens is 344 g/mol. The number of amides is 2. The minimum atomic E-state index is -0.253. The Labute approximate surface area is 159 Å². The van der Waals surface area contributed by atoms with Crippen LogP contribution in [0.5, 0.6) is 11.5 Å². The monoisotopic (exact) mass is 368 g/mol. The quantitative estimate of drug-likeness (QED) is 0.879. The first kappa shape index (κ1) is 18.8. The Morgan fingerprint density at radius 2 is 2.04 bits per heavy atom. The SMILES string of the molecule is COc1ccccc1C(=O)Nc1ccc2c(c1)CN(CC(C)C)C(=O)CO2. The maximum absolute atomic E-state index is 12.6. The Bertz CT molecular complexity index is 848. The van der Waals surface area contributed by atoms with Crippen LogP contribution in [0.25, 0.3) is 0 Å². The molecular formula is C21H24N2O4. The lowest BCUT2D eigenvalue weighted by molar-refractivity contribution is -0.133. The zero-order chi connectivity index (χ0) is 19.4. The third-order valence-corrected chi connectivity index (χ3v) is 4.32. The lowest BCUT2D eigenvalue weighted by Crippen LogP contribution is -2.35. The molecule has 0 saturated heterocycles. The van der Waals surface area contributed by atoms with Gasteiger partial charge in [-0.05, 0) is 36.2 Å². The molecule has 2 aromatic carbocycles. The van der Waals surface area contributed by atoms with Crippen LogP contribution in [0.1, 0.15) is 29.8 Å². The van der Waals surface area contributed by atoms with E-state index in [1.165, 1.54) is 7.11 Å². The van der Waals surface area contributed by atoms with Crippen LogP contribution in [-0.4, -0.2) is 37.0 Å². The van der Waals surface area contributed by atoms with Crippen molar-refractivity contribution < 1.29 is 19.1 Å². The van der Waals surface area contributed by atoms with Crippen molar-refractivity contribution in [2.45, 2.75) is 20.4 Å². The van der Waals surface area contributed by atoms with Gasteiger partial charge in [0.25, 0.3) is 11.8 Å². The normalized spacial score (nSPS) is 13.6. The molecule has 0 radical (unpaired) electrons. The predicted octanol–water partition coefficient (Wildman–Crippen LogP) is 3.32. The molecule has 2 aromatic rings. The number of nitrogens with one attached hydrogen (secondary N) is 1. The Morgan fingerprint density at radius 3 is 2.78 bits per heavy atom. The van der Waals surface area contributed by atoms with E-state index in [4.69, 9.17) is 9.47 Å². The molecule has 0 spiro atoms. The fourth-order valence-corrected chi connectivity index (χ4v) is 3.08. The van der Waals surface area contributed by atoms with E-state index in [0.29, 0.717) is 41.8 Å². The number of para-hydroxylation sites is 1. The van der Waals surface area contributed by atoms with Gasteiger partial charge in [0.1, 0.15) is 11.5 Å². The zero-order valence-electron chi connectivity index (χ0n) is 15.8. The minimum absolute atomic E-state index is 0.0282. The van der Waals surface area contributed by atoms with Crippen LogP contribution >= 0.6 is 0 Å². The lowest BCUT2D eigenvalue weighted by Gasteiger charge is -2.22. The first-order chi connectivity index (χ1) is 13.0. The molecule has 27 heavy (non-hydrogen) atoms. The fraction of sp³-hybridized carbons (Fsp3) is 0.333. The van der Waals surface area contributed by atoms with Crippen LogP contribution in [0.3, 0.4) is 0 Å². The van der Waals surface area contributed by atoms with Crippen LogP contribution in [-0.2, 0) is 11.3 Å². The smallest absolute Gasteiger partial charge is 0.260 e. The first-order valence-corrected chi connectivity index (χ1v) is 8.95. The molecule has 2 amide bonds. The van der Waals surface area contributed by atoms with Gasteiger partial charge in [-0.2, -0.15) is 0 Å². The average Bonchev–Trinajstić information content (AvgIpc) is 2.80. The molecule has 1 aliphatic rings. The zero-order valence-corrected chi connectivity index (χ0v) is 15.8. The van der Waals surface area contributed by atoms with Gasteiger partial charge in [0, 0.05) is 24.3 Å². The molecule has 0 unspecified atom stereocenters. The van der Waals surface area contributed by atoms with E-state index < -0.39 is 0 Å². The summed E-state index contributed by atoms with van der Waals surface area (Å²) in [5.41, 5.74) is 1.98. The number of anilines is 1. The number of hydrogen-bond donors (Lipinski definition) is 1. The van der Waals surface area contributed by atoms with Crippen molar-refractivity contribution in [3.05, 3.63) is 53.6 Å². The highest BCUT2D eigenvalue weighted by Gasteiger charge is 2.22. The van der Waals surface area contributed by atoms with Crippen LogP contribution in [0, 0.1) is 5.92 Å². The van der Waals surface area contributed by atoms with Crippen molar-refractivity contribution in [3.8, 4) is 11.5 Å². The summed E-state index contributed by atoms with van der Waals surface area (Å²) < 4.78 is 10.9. The van der Waals surface area contributed by atoms with Crippen molar-refractivity contribution >= 4 is 17.5 Å². The van der Waals surface area contributed by atoms with E-state index in [-0.39, 0.29) is 18.4 Å². The molecule has 0 fully saturated rings. The average molecular weight is 368 g/mol. The molecule has 0 atom stereocenters. The van der Waals surface area contributed by atoms with Gasteiger partial charge in [-0.25, -0.2) is 0 Å². The lowest BCUT2D eigenvalue weighted by atomic mass is 10.1. The van der Waals surface area contributed by atoms with Crippen molar-refractivity contribution in [1.82, 2.24) is 4.90 Å². The molecule has 142 valence electrons. The van der Waals surface area contributed by atoms with Gasteiger partial charge < -0.3 is 19.7 Å². The van der Waals surface area contributed by atoms with E-state index >= 15 is 0 Å². The van der Waals surface area contributed by atoms with Crippen LogP contribution in [0.2, 0.25) is 0 Å².